The highest BCUT2D eigenvalue weighted by atomic mass is 35.5. The summed E-state index contributed by atoms with van der Waals surface area (Å²) in [7, 11) is -3.97. The van der Waals surface area contributed by atoms with Gasteiger partial charge in [0, 0.05) is 29.4 Å². The lowest BCUT2D eigenvalue weighted by atomic mass is 10.1. The number of rotatable bonds is 3. The summed E-state index contributed by atoms with van der Waals surface area (Å²) < 4.78 is 23.1. The molecule has 0 saturated heterocycles. The molecule has 0 aliphatic rings. The average Bonchev–Trinajstić information content (AvgIpc) is 2.63. The number of hydrogen-bond acceptors (Lipinski definition) is 6. The Morgan fingerprint density at radius 2 is 1.82 bits per heavy atom. The van der Waals surface area contributed by atoms with Crippen LogP contribution in [0, 0.1) is 0 Å². The first kappa shape index (κ1) is 18.6. The van der Waals surface area contributed by atoms with E-state index >= 15 is 0 Å². The second kappa shape index (κ2) is 6.71. The van der Waals surface area contributed by atoms with Gasteiger partial charge in [0.25, 0.3) is 5.56 Å². The molecule has 0 spiro atoms. The Morgan fingerprint density at radius 3 is 2.50 bits per heavy atom. The number of nitrogens with zero attached hydrogens (tertiary/aromatic N) is 2. The monoisotopic (exact) mass is 435 g/mol. The first-order valence-electron chi connectivity index (χ1n) is 7.79. The fourth-order valence-corrected chi connectivity index (χ4v) is 4.12. The van der Waals surface area contributed by atoms with Gasteiger partial charge in [-0.15, -0.1) is 0 Å². The van der Waals surface area contributed by atoms with Crippen molar-refractivity contribution in [2.75, 3.05) is 5.32 Å². The molecule has 4 N–H and O–H groups in total. The smallest absolute Gasteiger partial charge is 0.256 e. The Hall–Kier alpha value is -2.72. The van der Waals surface area contributed by atoms with Crippen LogP contribution < -0.4 is 16.0 Å². The number of nitrogens with two attached hydrogens (primary N) is 1. The van der Waals surface area contributed by atoms with Gasteiger partial charge in [-0.2, -0.15) is 0 Å². The van der Waals surface area contributed by atoms with Gasteiger partial charge in [-0.1, -0.05) is 23.2 Å². The zero-order chi connectivity index (χ0) is 20.1. The second-order valence-corrected chi connectivity index (χ2v) is 8.26. The summed E-state index contributed by atoms with van der Waals surface area (Å²) in [4.78, 5) is 23.4. The Morgan fingerprint density at radius 1 is 1.11 bits per heavy atom. The Labute approximate surface area is 168 Å². The number of nitrogens with one attached hydrogen (secondary N) is 2. The Kier molecular flexibility index (Phi) is 4.47. The Balaban J connectivity index is 1.96. The fraction of sp³-hybridized carbons (Fsp3) is 0. The lowest BCUT2D eigenvalue weighted by Crippen LogP contribution is -2.12. The summed E-state index contributed by atoms with van der Waals surface area (Å²) in [6.45, 7) is 0. The molecule has 3 heterocycles. The van der Waals surface area contributed by atoms with Crippen LogP contribution in [0.15, 0.2) is 52.5 Å². The summed E-state index contributed by atoms with van der Waals surface area (Å²) in [5, 5.41) is 9.70. The second-order valence-electron chi connectivity index (χ2n) is 5.88. The number of halogens is 2. The predicted molar refractivity (Wildman–Crippen MR) is 109 cm³/mol. The molecule has 0 fully saturated rings. The molecule has 11 heteroatoms. The molecule has 0 amide bonds. The number of hydrogen-bond donors (Lipinski definition) is 3. The van der Waals surface area contributed by atoms with Crippen LogP contribution in [-0.4, -0.2) is 23.4 Å². The van der Waals surface area contributed by atoms with Crippen molar-refractivity contribution in [3.05, 3.63) is 63.3 Å². The van der Waals surface area contributed by atoms with E-state index in [1.54, 1.807) is 24.5 Å². The normalized spacial score (nSPS) is 11.8. The van der Waals surface area contributed by atoms with Crippen molar-refractivity contribution in [2.24, 2.45) is 5.14 Å². The third-order valence-electron chi connectivity index (χ3n) is 4.10. The topological polar surface area (TPSA) is 131 Å². The number of anilines is 2. The molecule has 0 unspecified atom stereocenters. The van der Waals surface area contributed by atoms with Gasteiger partial charge in [0.15, 0.2) is 0 Å². The highest BCUT2D eigenvalue weighted by molar-refractivity contribution is 7.89. The highest BCUT2D eigenvalue weighted by Gasteiger charge is 2.17. The molecule has 3 aromatic heterocycles. The van der Waals surface area contributed by atoms with E-state index in [-0.39, 0.29) is 26.2 Å². The van der Waals surface area contributed by atoms with Crippen molar-refractivity contribution in [1.29, 1.82) is 0 Å². The molecule has 8 nitrogen and oxygen atoms in total. The first-order valence-corrected chi connectivity index (χ1v) is 10.1. The molecule has 4 aromatic rings. The maximum Gasteiger partial charge on any atom is 0.256 e. The third-order valence-corrected chi connectivity index (χ3v) is 5.59. The van der Waals surface area contributed by atoms with Gasteiger partial charge < -0.3 is 10.3 Å². The van der Waals surface area contributed by atoms with E-state index < -0.39 is 10.0 Å². The Bertz CT molecular complexity index is 1400. The van der Waals surface area contributed by atoms with Crippen LogP contribution in [0.3, 0.4) is 0 Å². The minimum Gasteiger partial charge on any atom is -0.337 e. The van der Waals surface area contributed by atoms with Crippen molar-refractivity contribution in [3.8, 4) is 0 Å². The van der Waals surface area contributed by atoms with Gasteiger partial charge in [-0.25, -0.2) is 18.5 Å². The number of H-pyrrole nitrogens is 1. The highest BCUT2D eigenvalue weighted by Crippen LogP contribution is 2.37. The molecule has 142 valence electrons. The van der Waals surface area contributed by atoms with Crippen molar-refractivity contribution >= 4 is 66.4 Å². The number of aromatic amines is 1. The van der Waals surface area contributed by atoms with E-state index in [0.29, 0.717) is 27.5 Å². The van der Waals surface area contributed by atoms with Crippen LogP contribution in [0.25, 0.3) is 21.7 Å². The van der Waals surface area contributed by atoms with E-state index in [1.165, 1.54) is 18.3 Å². The van der Waals surface area contributed by atoms with Crippen LogP contribution in [-0.2, 0) is 10.0 Å². The zero-order valence-electron chi connectivity index (χ0n) is 13.9. The summed E-state index contributed by atoms with van der Waals surface area (Å²) in [6, 6.07) is 5.72. The van der Waals surface area contributed by atoms with Crippen molar-refractivity contribution in [1.82, 2.24) is 15.0 Å². The van der Waals surface area contributed by atoms with E-state index in [2.05, 4.69) is 20.3 Å². The van der Waals surface area contributed by atoms with Crippen LogP contribution >= 0.6 is 23.2 Å². The van der Waals surface area contributed by atoms with Gasteiger partial charge >= 0.3 is 0 Å². The molecular weight excluding hydrogens is 425 g/mol. The van der Waals surface area contributed by atoms with Crippen LogP contribution in [0.4, 0.5) is 11.5 Å². The quantitative estimate of drug-likeness (QED) is 0.423. The molecule has 0 atom stereocenters. The minimum atomic E-state index is -3.97. The predicted octanol–water partition coefficient (Wildman–Crippen LogP) is 3.17. The van der Waals surface area contributed by atoms with Gasteiger partial charge in [0.2, 0.25) is 10.0 Å². The maximum absolute atomic E-state index is 12.4. The summed E-state index contributed by atoms with van der Waals surface area (Å²) >= 11 is 12.4. The number of pyridine rings is 3. The standard InChI is InChI=1S/C17H11Cl2N5O3S/c18-11-5-8(28(20,26)27)6-12(19)15(11)24-16-9-1-4-22-17(25)14(9)10-7-21-3-2-13(10)23-16/h1-7H,(H,22,25)(H,23,24)(H2,20,26,27). The molecule has 0 aliphatic heterocycles. The minimum absolute atomic E-state index is 0.0335. The number of benzene rings is 1. The van der Waals surface area contributed by atoms with Crippen LogP contribution in [0.5, 0.6) is 0 Å². The van der Waals surface area contributed by atoms with Gasteiger partial charge in [-0.05, 0) is 24.3 Å². The number of aromatic nitrogens is 3. The maximum atomic E-state index is 12.4. The van der Waals surface area contributed by atoms with E-state index in [9.17, 15) is 13.2 Å². The lowest BCUT2D eigenvalue weighted by molar-refractivity contribution is 0.598. The van der Waals surface area contributed by atoms with Crippen LogP contribution in [0.2, 0.25) is 10.0 Å². The summed E-state index contributed by atoms with van der Waals surface area (Å²) in [6.07, 6.45) is 4.61. The van der Waals surface area contributed by atoms with Crippen molar-refractivity contribution in [3.63, 3.8) is 0 Å². The lowest BCUT2D eigenvalue weighted by Gasteiger charge is -2.14. The molecule has 28 heavy (non-hydrogen) atoms. The largest absolute Gasteiger partial charge is 0.337 e. The summed E-state index contributed by atoms with van der Waals surface area (Å²) in [5.41, 5.74) is 0.469. The van der Waals surface area contributed by atoms with E-state index in [1.807, 2.05) is 0 Å². The molecular formula is C17H11Cl2N5O3S. The van der Waals surface area contributed by atoms with E-state index in [0.717, 1.165) is 0 Å². The first-order chi connectivity index (χ1) is 13.3. The van der Waals surface area contributed by atoms with Crippen molar-refractivity contribution < 1.29 is 8.42 Å². The van der Waals surface area contributed by atoms with Crippen molar-refractivity contribution in [2.45, 2.75) is 4.90 Å². The fourth-order valence-electron chi connectivity index (χ4n) is 2.85. The van der Waals surface area contributed by atoms with E-state index in [4.69, 9.17) is 28.3 Å². The molecule has 4 rings (SSSR count). The summed E-state index contributed by atoms with van der Waals surface area (Å²) in [5.74, 6) is 0.326. The molecule has 0 radical (unpaired) electrons. The number of sulfonamides is 1. The number of primary sulfonamides is 1. The molecule has 0 aliphatic carbocycles. The van der Waals surface area contributed by atoms with Gasteiger partial charge in [0.1, 0.15) is 5.82 Å². The molecule has 0 bridgehead atoms. The third kappa shape index (κ3) is 3.18. The SMILES string of the molecule is NS(=O)(=O)c1cc(Cl)c(Nc2nc3ccncc3c3c(=O)[nH]ccc23)c(Cl)c1. The molecule has 0 saturated carbocycles. The average molecular weight is 436 g/mol. The van der Waals surface area contributed by atoms with Crippen LogP contribution in [0.1, 0.15) is 0 Å². The van der Waals surface area contributed by atoms with Gasteiger partial charge in [0.05, 0.1) is 31.5 Å². The molecule has 1 aromatic carbocycles. The zero-order valence-corrected chi connectivity index (χ0v) is 16.2. The number of fused-ring (bicyclic) bond motifs is 3. The van der Waals surface area contributed by atoms with Gasteiger partial charge in [-0.3, -0.25) is 9.78 Å².